The second-order valence-electron chi connectivity index (χ2n) is 3.29. The zero-order valence-corrected chi connectivity index (χ0v) is 10.6. The average molecular weight is 335 g/mol. The van der Waals surface area contributed by atoms with E-state index in [0.717, 1.165) is 0 Å². The highest BCUT2D eigenvalue weighted by molar-refractivity contribution is 9.10. The predicted molar refractivity (Wildman–Crippen MR) is 57.2 cm³/mol. The summed E-state index contributed by atoms with van der Waals surface area (Å²) in [6, 6.07) is 4.00. The van der Waals surface area contributed by atoms with Crippen LogP contribution in [0.5, 0.6) is 11.5 Å². The molecule has 1 aromatic rings. The first-order chi connectivity index (χ1) is 8.17. The minimum absolute atomic E-state index is 0.125. The summed E-state index contributed by atoms with van der Waals surface area (Å²) in [5, 5.41) is 0. The molecule has 1 aromatic carbocycles. The van der Waals surface area contributed by atoms with Gasteiger partial charge in [-0.15, -0.1) is 0 Å². The Hall–Kier alpha value is -1.05. The lowest BCUT2D eigenvalue weighted by atomic mass is 10.3. The van der Waals surface area contributed by atoms with E-state index in [1.807, 2.05) is 0 Å². The van der Waals surface area contributed by atoms with Gasteiger partial charge in [0.2, 0.25) is 0 Å². The number of methoxy groups -OCH3 is 1. The van der Waals surface area contributed by atoms with E-state index in [-0.39, 0.29) is 10.2 Å². The molecule has 0 spiro atoms. The van der Waals surface area contributed by atoms with Crippen LogP contribution in [0.1, 0.15) is 0 Å². The van der Waals surface area contributed by atoms with Crippen LogP contribution in [0.2, 0.25) is 0 Å². The zero-order chi connectivity index (χ0) is 14.0. The van der Waals surface area contributed by atoms with Crippen molar-refractivity contribution in [2.24, 2.45) is 0 Å². The van der Waals surface area contributed by atoms with Gasteiger partial charge in [-0.1, -0.05) is 0 Å². The van der Waals surface area contributed by atoms with E-state index in [4.69, 9.17) is 4.74 Å². The molecular weight excluding hydrogens is 327 g/mol. The monoisotopic (exact) mass is 334 g/mol. The molecule has 102 valence electrons. The lowest BCUT2D eigenvalue weighted by Gasteiger charge is -2.20. The van der Waals surface area contributed by atoms with Crippen molar-refractivity contribution in [3.05, 3.63) is 22.7 Å². The molecule has 0 aliphatic carbocycles. The molecule has 0 radical (unpaired) electrons. The van der Waals surface area contributed by atoms with Crippen LogP contribution in [0, 0.1) is 0 Å². The maximum atomic E-state index is 12.6. The highest BCUT2D eigenvalue weighted by Gasteiger charge is 2.58. The van der Waals surface area contributed by atoms with Crippen molar-refractivity contribution in [2.45, 2.75) is 12.1 Å². The molecule has 0 aliphatic rings. The Morgan fingerprint density at radius 1 is 1.17 bits per heavy atom. The third kappa shape index (κ3) is 3.47. The molecule has 0 amide bonds. The summed E-state index contributed by atoms with van der Waals surface area (Å²) < 4.78 is 70.4. The van der Waals surface area contributed by atoms with Crippen molar-refractivity contribution in [3.8, 4) is 11.5 Å². The van der Waals surface area contributed by atoms with Crippen LogP contribution in [-0.4, -0.2) is 25.8 Å². The molecule has 0 unspecified atom stereocenters. The molecule has 18 heavy (non-hydrogen) atoms. The number of alkyl halides is 5. The number of ether oxygens (including phenoxy) is 2. The molecule has 8 heteroatoms. The predicted octanol–water partition coefficient (Wildman–Crippen LogP) is 4.03. The van der Waals surface area contributed by atoms with Crippen LogP contribution in [0.25, 0.3) is 0 Å². The van der Waals surface area contributed by atoms with E-state index in [9.17, 15) is 22.0 Å². The second-order valence-corrected chi connectivity index (χ2v) is 4.14. The summed E-state index contributed by atoms with van der Waals surface area (Å²) in [6.45, 7) is -1.78. The van der Waals surface area contributed by atoms with E-state index < -0.39 is 18.7 Å². The molecule has 0 saturated carbocycles. The van der Waals surface area contributed by atoms with E-state index in [2.05, 4.69) is 20.7 Å². The summed E-state index contributed by atoms with van der Waals surface area (Å²) in [6.07, 6.45) is -5.63. The molecule has 1 rings (SSSR count). The Morgan fingerprint density at radius 3 is 2.22 bits per heavy atom. The summed E-state index contributed by atoms with van der Waals surface area (Å²) in [7, 11) is 1.39. The minimum Gasteiger partial charge on any atom is -0.497 e. The fourth-order valence-corrected chi connectivity index (χ4v) is 1.45. The lowest BCUT2D eigenvalue weighted by Crippen LogP contribution is -2.41. The fraction of sp³-hybridized carbons (Fsp3) is 0.400. The summed E-state index contributed by atoms with van der Waals surface area (Å²) in [4.78, 5) is 0. The van der Waals surface area contributed by atoms with Gasteiger partial charge in [0.15, 0.2) is 6.61 Å². The van der Waals surface area contributed by atoms with Gasteiger partial charge in [0.1, 0.15) is 11.5 Å². The number of benzene rings is 1. The number of halogens is 6. The Labute approximate surface area is 108 Å². The van der Waals surface area contributed by atoms with Crippen molar-refractivity contribution in [1.29, 1.82) is 0 Å². The Balaban J connectivity index is 2.75. The van der Waals surface area contributed by atoms with Crippen LogP contribution < -0.4 is 9.47 Å². The summed E-state index contributed by atoms with van der Waals surface area (Å²) in [5.74, 6) is -4.61. The van der Waals surface area contributed by atoms with Gasteiger partial charge < -0.3 is 9.47 Å². The van der Waals surface area contributed by atoms with E-state index >= 15 is 0 Å². The van der Waals surface area contributed by atoms with Crippen LogP contribution in [0.4, 0.5) is 22.0 Å². The molecule has 0 bridgehead atoms. The van der Waals surface area contributed by atoms with Crippen LogP contribution in [0.3, 0.4) is 0 Å². The molecular formula is C10H8BrF5O2. The Kier molecular flexibility index (Phi) is 4.41. The van der Waals surface area contributed by atoms with Crippen molar-refractivity contribution in [1.82, 2.24) is 0 Å². The van der Waals surface area contributed by atoms with Crippen molar-refractivity contribution < 1.29 is 31.4 Å². The van der Waals surface area contributed by atoms with Gasteiger partial charge in [-0.25, -0.2) is 0 Å². The van der Waals surface area contributed by atoms with Gasteiger partial charge in [0.05, 0.1) is 11.6 Å². The number of rotatable bonds is 4. The number of hydrogen-bond acceptors (Lipinski definition) is 2. The molecule has 0 saturated heterocycles. The summed E-state index contributed by atoms with van der Waals surface area (Å²) >= 11 is 2.97. The first-order valence-electron chi connectivity index (χ1n) is 4.58. The van der Waals surface area contributed by atoms with Crippen LogP contribution >= 0.6 is 15.9 Å². The van der Waals surface area contributed by atoms with Crippen molar-refractivity contribution >= 4 is 15.9 Å². The number of hydrogen-bond donors (Lipinski definition) is 0. The molecule has 0 heterocycles. The Morgan fingerprint density at radius 2 is 1.78 bits per heavy atom. The third-order valence-corrected chi connectivity index (χ3v) is 2.58. The summed E-state index contributed by atoms with van der Waals surface area (Å²) in [5.41, 5.74) is 0. The topological polar surface area (TPSA) is 18.5 Å². The van der Waals surface area contributed by atoms with Gasteiger partial charge in [-0.3, -0.25) is 0 Å². The van der Waals surface area contributed by atoms with Gasteiger partial charge >= 0.3 is 12.1 Å². The van der Waals surface area contributed by atoms with Crippen LogP contribution in [0.15, 0.2) is 22.7 Å². The molecule has 0 fully saturated rings. The van der Waals surface area contributed by atoms with E-state index in [1.165, 1.54) is 25.3 Å². The minimum atomic E-state index is -5.63. The van der Waals surface area contributed by atoms with Gasteiger partial charge in [0.25, 0.3) is 0 Å². The average Bonchev–Trinajstić information content (AvgIpc) is 2.25. The largest absolute Gasteiger partial charge is 0.497 e. The smallest absolute Gasteiger partial charge is 0.456 e. The maximum Gasteiger partial charge on any atom is 0.456 e. The quantitative estimate of drug-likeness (QED) is 0.774. The molecule has 0 N–H and O–H groups in total. The molecule has 2 nitrogen and oxygen atoms in total. The maximum absolute atomic E-state index is 12.6. The van der Waals surface area contributed by atoms with Crippen molar-refractivity contribution in [2.75, 3.05) is 13.7 Å². The molecule has 0 aliphatic heterocycles. The van der Waals surface area contributed by atoms with Crippen LogP contribution in [-0.2, 0) is 0 Å². The fourth-order valence-electron chi connectivity index (χ4n) is 0.976. The van der Waals surface area contributed by atoms with Gasteiger partial charge in [-0.2, -0.15) is 22.0 Å². The highest BCUT2D eigenvalue weighted by Crippen LogP contribution is 2.37. The first kappa shape index (κ1) is 15.0. The SMILES string of the molecule is COc1ccc(OCC(F)(F)C(F)(F)F)c(Br)c1. The Bertz CT molecular complexity index is 419. The van der Waals surface area contributed by atoms with Gasteiger partial charge in [0, 0.05) is 0 Å². The normalized spacial score (nSPS) is 12.4. The third-order valence-electron chi connectivity index (χ3n) is 1.96. The highest BCUT2D eigenvalue weighted by atomic mass is 79.9. The standard InChI is InChI=1S/C10H8BrF5O2/c1-17-6-2-3-8(7(11)4-6)18-5-9(12,13)10(14,15)16/h2-4H,5H2,1H3. The zero-order valence-electron chi connectivity index (χ0n) is 9.02. The first-order valence-corrected chi connectivity index (χ1v) is 5.37. The van der Waals surface area contributed by atoms with Gasteiger partial charge in [-0.05, 0) is 34.1 Å². The second kappa shape index (κ2) is 5.29. The van der Waals surface area contributed by atoms with E-state index in [0.29, 0.717) is 5.75 Å². The molecule has 0 aromatic heterocycles. The van der Waals surface area contributed by atoms with Crippen molar-refractivity contribution in [3.63, 3.8) is 0 Å². The van der Waals surface area contributed by atoms with E-state index in [1.54, 1.807) is 0 Å². The lowest BCUT2D eigenvalue weighted by molar-refractivity contribution is -0.290. The molecule has 0 atom stereocenters.